The smallest absolute Gasteiger partial charge is 0.248 e. The molecule has 0 aliphatic rings. The summed E-state index contributed by atoms with van der Waals surface area (Å²) < 4.78 is 0. The largest absolute Gasteiger partial charge is 0.366 e. The Balaban J connectivity index is 0.00000169. The van der Waals surface area contributed by atoms with Crippen molar-refractivity contribution in [2.45, 2.75) is 0 Å². The van der Waals surface area contributed by atoms with Crippen molar-refractivity contribution < 1.29 is 4.79 Å². The van der Waals surface area contributed by atoms with Crippen LogP contribution in [-0.4, -0.2) is 22.9 Å². The Morgan fingerprint density at radius 3 is 2.58 bits per heavy atom. The van der Waals surface area contributed by atoms with Gasteiger partial charge in [-0.2, -0.15) is 23.2 Å². The molecule has 1 aromatic heterocycles. The number of carbonyl (C=O) groups is 1. The van der Waals surface area contributed by atoms with E-state index in [1.807, 2.05) is 48.3 Å². The van der Waals surface area contributed by atoms with Gasteiger partial charge in [0.1, 0.15) is 5.82 Å². The van der Waals surface area contributed by atoms with Crippen molar-refractivity contribution in [3.05, 3.63) is 72.4 Å². The van der Waals surface area contributed by atoms with Gasteiger partial charge in [0.2, 0.25) is 11.9 Å². The van der Waals surface area contributed by atoms with Crippen molar-refractivity contribution in [1.29, 1.82) is 0 Å². The summed E-state index contributed by atoms with van der Waals surface area (Å²) in [7, 11) is 1.93. The third kappa shape index (κ3) is 3.86. The normalized spacial score (nSPS) is 9.42. The van der Waals surface area contributed by atoms with Crippen molar-refractivity contribution in [2.75, 3.05) is 17.3 Å². The summed E-state index contributed by atoms with van der Waals surface area (Å²) in [6, 6.07) is 19.3. The Morgan fingerprint density at radius 2 is 1.88 bits per heavy atom. The summed E-state index contributed by atoms with van der Waals surface area (Å²) in [5.74, 6) is 0.696. The van der Waals surface area contributed by atoms with Crippen LogP contribution in [0.4, 0.5) is 23.1 Å². The first-order valence-corrected chi connectivity index (χ1v) is 7.33. The SMILES string of the molecule is CN(c1cc[c-]cc1)c1ccnc(Nc2cccc(C(N)=O)c2)n1.[No].[No]. The number of primary amides is 1. The molecule has 1 heterocycles. The Morgan fingerprint density at radius 1 is 1.15 bits per heavy atom. The Kier molecular flexibility index (Phi) is 5.54. The van der Waals surface area contributed by atoms with E-state index >= 15 is 0 Å². The maximum absolute atomic E-state index is 11.3. The van der Waals surface area contributed by atoms with E-state index in [1.54, 1.807) is 24.4 Å². The zero-order valence-electron chi connectivity index (χ0n) is 13.6. The molecule has 6 nitrogen and oxygen atoms in total. The maximum Gasteiger partial charge on any atom is 0.248 e. The number of nitrogens with two attached hydrogens (primary N) is 1. The van der Waals surface area contributed by atoms with E-state index in [4.69, 9.17) is 5.73 Å². The van der Waals surface area contributed by atoms with E-state index in [2.05, 4.69) is 21.4 Å². The summed E-state index contributed by atoms with van der Waals surface area (Å²) in [4.78, 5) is 21.9. The van der Waals surface area contributed by atoms with Crippen LogP contribution in [-0.2, 0) is 0 Å². The number of rotatable bonds is 5. The molecule has 8 heteroatoms. The van der Waals surface area contributed by atoms with Crippen molar-refractivity contribution >= 4 is 29.0 Å². The first-order valence-electron chi connectivity index (χ1n) is 7.33. The van der Waals surface area contributed by atoms with Crippen LogP contribution in [0.25, 0.3) is 0 Å². The third-order valence-corrected chi connectivity index (χ3v) is 3.48. The topological polar surface area (TPSA) is 84.1 Å². The molecule has 0 saturated carbocycles. The van der Waals surface area contributed by atoms with Crippen LogP contribution in [0, 0.1) is 6.07 Å². The van der Waals surface area contributed by atoms with Crippen molar-refractivity contribution in [1.82, 2.24) is 9.97 Å². The summed E-state index contributed by atoms with van der Waals surface area (Å²) >= 11 is 0. The molecule has 148 valence electrons. The first kappa shape index (κ1) is 18.6. The molecule has 26 heavy (non-hydrogen) atoms. The molecule has 0 saturated heterocycles. The fourth-order valence-corrected chi connectivity index (χ4v) is 2.21. The summed E-state index contributed by atoms with van der Waals surface area (Å²) in [6.07, 6.45) is 1.67. The Bertz CT molecular complexity index is 861. The van der Waals surface area contributed by atoms with E-state index in [9.17, 15) is 4.79 Å². The van der Waals surface area contributed by atoms with E-state index < -0.39 is 5.91 Å². The molecule has 3 rings (SSSR count). The number of nitrogens with one attached hydrogen (secondary N) is 1. The minimum atomic E-state index is -0.478. The zero-order chi connectivity index (χ0) is 16.9. The van der Waals surface area contributed by atoms with Gasteiger partial charge in [0, 0.05) is 24.5 Å². The number of nitrogens with zero attached hydrogens (tertiary/aromatic N) is 3. The van der Waals surface area contributed by atoms with Gasteiger partial charge in [-0.15, -0.1) is 12.1 Å². The predicted octanol–water partition coefficient (Wildman–Crippen LogP) is 2.89. The van der Waals surface area contributed by atoms with Gasteiger partial charge in [-0.1, -0.05) is 11.8 Å². The van der Waals surface area contributed by atoms with Gasteiger partial charge in [0.25, 0.3) is 0 Å². The standard InChI is InChI=1S/C18H16N5O.2No/c1-23(15-8-3-2-4-9-15)16-10-11-20-18(22-16)21-14-7-5-6-13(12-14)17(19)24;;/h3-12H,1H3,(H2,19,24)(H,20,21,22);;/q-1;;. The number of amides is 1. The quantitative estimate of drug-likeness (QED) is 0.387. The molecule has 0 aliphatic carbocycles. The van der Waals surface area contributed by atoms with Crippen molar-refractivity contribution in [3.8, 4) is 0 Å². The van der Waals surface area contributed by atoms with E-state index in [1.165, 1.54) is 0 Å². The van der Waals surface area contributed by atoms with Crippen LogP contribution in [0.1, 0.15) is 10.4 Å². The Hall–Kier alpha value is -5.41. The molecule has 2 aromatic carbocycles. The van der Waals surface area contributed by atoms with Crippen molar-refractivity contribution in [2.24, 2.45) is 5.73 Å². The van der Waals surface area contributed by atoms with Crippen LogP contribution in [0.15, 0.2) is 60.8 Å². The number of benzene rings is 2. The minimum absolute atomic E-state index is 0. The number of hydrogen-bond acceptors (Lipinski definition) is 5. The summed E-state index contributed by atoms with van der Waals surface area (Å²) in [5, 5.41) is 3.08. The maximum atomic E-state index is 11.3. The number of hydrogen-bond donors (Lipinski definition) is 2. The molecule has 0 atom stereocenters. The molecule has 0 fully saturated rings. The van der Waals surface area contributed by atoms with E-state index in [0.717, 1.165) is 11.5 Å². The van der Waals surface area contributed by atoms with Gasteiger partial charge in [-0.05, 0) is 24.3 Å². The van der Waals surface area contributed by atoms with Gasteiger partial charge in [-0.25, -0.2) is 4.98 Å². The van der Waals surface area contributed by atoms with Gasteiger partial charge in [0.15, 0.2) is 0 Å². The predicted molar refractivity (Wildman–Crippen MR) is 93.6 cm³/mol. The molecule has 0 radical (unpaired) electrons. The van der Waals surface area contributed by atoms with Crippen LogP contribution in [0.3, 0.4) is 0 Å². The number of anilines is 4. The van der Waals surface area contributed by atoms with Crippen LogP contribution in [0.5, 0.6) is 0 Å². The molecular weight excluding hydrogens is 820 g/mol. The second-order valence-electron chi connectivity index (χ2n) is 5.13. The average Bonchev–Trinajstić information content (AvgIpc) is 2.62. The second-order valence-corrected chi connectivity index (χ2v) is 5.13. The summed E-state index contributed by atoms with van der Waals surface area (Å²) in [5.41, 5.74) is 7.41. The molecule has 0 spiro atoms. The number of carbonyl (C=O) groups excluding carboxylic acids is 1. The average molecular weight is 836 g/mol. The zero-order valence-corrected chi connectivity index (χ0v) is 18.1. The van der Waals surface area contributed by atoms with Crippen molar-refractivity contribution in [3.63, 3.8) is 0 Å². The van der Waals surface area contributed by atoms with Gasteiger partial charge >= 0.3 is 0 Å². The van der Waals surface area contributed by atoms with Crippen LogP contribution >= 0.6 is 0 Å². The summed E-state index contributed by atoms with van der Waals surface area (Å²) in [6.45, 7) is 0. The minimum Gasteiger partial charge on any atom is -0.366 e. The van der Waals surface area contributed by atoms with Crippen LogP contribution in [0.2, 0.25) is 0 Å². The van der Waals surface area contributed by atoms with Gasteiger partial charge in [-0.3, -0.25) is 4.79 Å². The fraction of sp³-hybridized carbons (Fsp3) is 0.0556. The molecule has 0 unspecified atom stereocenters. The Labute approximate surface area is 140 Å². The fourth-order valence-electron chi connectivity index (χ4n) is 2.21. The molecule has 0 bridgehead atoms. The van der Waals surface area contributed by atoms with Gasteiger partial charge < -0.3 is 16.0 Å². The van der Waals surface area contributed by atoms with Gasteiger partial charge in [0.05, 0.1) is 0 Å². The molecular formula is C18H16N5No2O-. The molecule has 1 amide bonds. The molecule has 3 aromatic rings. The number of aromatic nitrogens is 2. The molecule has 3 N–H and O–H groups in total. The first-order chi connectivity index (χ1) is 11.6. The van der Waals surface area contributed by atoms with E-state index in [0.29, 0.717) is 17.2 Å². The monoisotopic (exact) mass is 836 g/mol. The van der Waals surface area contributed by atoms with E-state index in [-0.39, 0.29) is 0 Å². The van der Waals surface area contributed by atoms with Crippen LogP contribution < -0.4 is 16.0 Å². The molecule has 0 aliphatic heterocycles. The third-order valence-electron chi connectivity index (χ3n) is 3.48. The second kappa shape index (κ2) is 7.73.